The van der Waals surface area contributed by atoms with E-state index in [4.69, 9.17) is 0 Å². The lowest BCUT2D eigenvalue weighted by Gasteiger charge is -2.26. The molecule has 0 radical (unpaired) electrons. The highest BCUT2D eigenvalue weighted by Gasteiger charge is 2.23. The SMILES string of the molecule is CC1=NN2CN=CC=C2C(=O)N1. The van der Waals surface area contributed by atoms with E-state index in [1.54, 1.807) is 24.2 Å². The summed E-state index contributed by atoms with van der Waals surface area (Å²) in [7, 11) is 0. The van der Waals surface area contributed by atoms with E-state index in [1.807, 2.05) is 0 Å². The van der Waals surface area contributed by atoms with E-state index < -0.39 is 0 Å². The van der Waals surface area contributed by atoms with Crippen molar-refractivity contribution in [3.05, 3.63) is 11.8 Å². The Kier molecular flexibility index (Phi) is 1.43. The Bertz CT molecular complexity index is 315. The standard InChI is InChI=1S/C7H8N4O/c1-5-9-7(12)6-2-3-8-4-11(6)10-5/h2-3H,4H2,1H3,(H,9,10,12). The Morgan fingerprint density at radius 2 is 2.50 bits per heavy atom. The molecule has 0 unspecified atom stereocenters. The first-order valence-electron chi connectivity index (χ1n) is 3.61. The molecule has 0 aromatic heterocycles. The number of hydrogen-bond donors (Lipinski definition) is 1. The summed E-state index contributed by atoms with van der Waals surface area (Å²) in [5, 5.41) is 8.29. The van der Waals surface area contributed by atoms with Crippen LogP contribution in [-0.2, 0) is 4.79 Å². The van der Waals surface area contributed by atoms with Crippen molar-refractivity contribution in [2.45, 2.75) is 6.92 Å². The van der Waals surface area contributed by atoms with Gasteiger partial charge < -0.3 is 5.32 Å². The Balaban J connectivity index is 2.39. The summed E-state index contributed by atoms with van der Waals surface area (Å²) < 4.78 is 0. The Morgan fingerprint density at radius 3 is 3.33 bits per heavy atom. The van der Waals surface area contributed by atoms with E-state index >= 15 is 0 Å². The molecule has 0 aromatic rings. The lowest BCUT2D eigenvalue weighted by molar-refractivity contribution is -0.118. The molecule has 0 saturated heterocycles. The van der Waals surface area contributed by atoms with Gasteiger partial charge in [-0.15, -0.1) is 0 Å². The van der Waals surface area contributed by atoms with E-state index in [0.717, 1.165) is 0 Å². The fourth-order valence-electron chi connectivity index (χ4n) is 1.12. The largest absolute Gasteiger partial charge is 0.308 e. The topological polar surface area (TPSA) is 57.1 Å². The molecule has 0 spiro atoms. The molecule has 0 saturated carbocycles. The molecule has 12 heavy (non-hydrogen) atoms. The number of nitrogens with one attached hydrogen (secondary N) is 1. The molecule has 62 valence electrons. The molecule has 2 aliphatic rings. The van der Waals surface area contributed by atoms with Crippen molar-refractivity contribution in [1.82, 2.24) is 10.3 Å². The molecule has 2 heterocycles. The van der Waals surface area contributed by atoms with E-state index in [1.165, 1.54) is 0 Å². The van der Waals surface area contributed by atoms with Gasteiger partial charge in [-0.1, -0.05) is 0 Å². The van der Waals surface area contributed by atoms with Crippen LogP contribution in [0.5, 0.6) is 0 Å². The molecule has 0 fully saturated rings. The molecular formula is C7H8N4O. The molecule has 0 bridgehead atoms. The lowest BCUT2D eigenvalue weighted by atomic mass is 10.3. The number of nitrogens with zero attached hydrogens (tertiary/aromatic N) is 3. The zero-order chi connectivity index (χ0) is 8.55. The number of rotatable bonds is 0. The van der Waals surface area contributed by atoms with Gasteiger partial charge in [-0.05, 0) is 13.0 Å². The molecule has 0 aliphatic carbocycles. The van der Waals surface area contributed by atoms with Crippen LogP contribution in [0.4, 0.5) is 0 Å². The number of hydrogen-bond acceptors (Lipinski definition) is 4. The molecule has 5 heteroatoms. The van der Waals surface area contributed by atoms with Gasteiger partial charge in [0.15, 0.2) is 0 Å². The van der Waals surface area contributed by atoms with Crippen LogP contribution < -0.4 is 5.32 Å². The van der Waals surface area contributed by atoms with Gasteiger partial charge in [0.05, 0.1) is 0 Å². The molecule has 2 aliphatic heterocycles. The molecule has 1 amide bonds. The van der Waals surface area contributed by atoms with Crippen LogP contribution in [0.25, 0.3) is 0 Å². The summed E-state index contributed by atoms with van der Waals surface area (Å²) in [6.07, 6.45) is 3.26. The van der Waals surface area contributed by atoms with Gasteiger partial charge in [-0.2, -0.15) is 5.10 Å². The van der Waals surface area contributed by atoms with Crippen LogP contribution in [0.3, 0.4) is 0 Å². The first-order chi connectivity index (χ1) is 5.77. The average Bonchev–Trinajstić information content (AvgIpc) is 2.04. The predicted octanol–water partition coefficient (Wildman–Crippen LogP) is -0.323. The Hall–Kier alpha value is -1.65. The molecule has 1 N–H and O–H groups in total. The average molecular weight is 164 g/mol. The van der Waals surface area contributed by atoms with Gasteiger partial charge in [0.1, 0.15) is 18.2 Å². The van der Waals surface area contributed by atoms with Crippen molar-refractivity contribution < 1.29 is 4.79 Å². The van der Waals surface area contributed by atoms with Gasteiger partial charge in [0.25, 0.3) is 5.91 Å². The van der Waals surface area contributed by atoms with Crippen LogP contribution in [0.15, 0.2) is 21.9 Å². The number of aliphatic imine (C=N–C) groups is 1. The fraction of sp³-hybridized carbons (Fsp3) is 0.286. The fourth-order valence-corrected chi connectivity index (χ4v) is 1.12. The third-order valence-electron chi connectivity index (χ3n) is 1.63. The van der Waals surface area contributed by atoms with E-state index in [9.17, 15) is 4.79 Å². The first kappa shape index (κ1) is 7.02. The number of hydrazone groups is 1. The van der Waals surface area contributed by atoms with Crippen molar-refractivity contribution in [2.24, 2.45) is 10.1 Å². The van der Waals surface area contributed by atoms with Gasteiger partial charge in [-0.25, -0.2) is 5.01 Å². The summed E-state index contributed by atoms with van der Waals surface area (Å²) in [4.78, 5) is 15.2. The van der Waals surface area contributed by atoms with Crippen LogP contribution in [0.2, 0.25) is 0 Å². The number of amidine groups is 1. The molecule has 0 atom stereocenters. The van der Waals surface area contributed by atoms with Crippen molar-refractivity contribution in [3.63, 3.8) is 0 Å². The van der Waals surface area contributed by atoms with Crippen LogP contribution in [-0.4, -0.2) is 29.6 Å². The summed E-state index contributed by atoms with van der Waals surface area (Å²) in [6, 6.07) is 0. The third-order valence-corrected chi connectivity index (χ3v) is 1.63. The van der Waals surface area contributed by atoms with E-state index in [0.29, 0.717) is 18.2 Å². The van der Waals surface area contributed by atoms with Gasteiger partial charge in [0.2, 0.25) is 0 Å². The summed E-state index contributed by atoms with van der Waals surface area (Å²) in [5.74, 6) is 0.489. The monoisotopic (exact) mass is 164 g/mol. The smallest absolute Gasteiger partial charge is 0.274 e. The Labute approximate surface area is 69.5 Å². The highest BCUT2D eigenvalue weighted by atomic mass is 16.2. The minimum Gasteiger partial charge on any atom is -0.308 e. The highest BCUT2D eigenvalue weighted by Crippen LogP contribution is 2.11. The number of carbonyl (C=O) groups excluding carboxylic acids is 1. The molecule has 0 aromatic carbocycles. The maximum absolute atomic E-state index is 11.3. The van der Waals surface area contributed by atoms with Crippen molar-refractivity contribution >= 4 is 18.0 Å². The van der Waals surface area contributed by atoms with Crippen molar-refractivity contribution in [2.75, 3.05) is 6.67 Å². The quantitative estimate of drug-likeness (QED) is 0.533. The second kappa shape index (κ2) is 2.44. The van der Waals surface area contributed by atoms with Gasteiger partial charge in [0, 0.05) is 6.21 Å². The zero-order valence-electron chi connectivity index (χ0n) is 6.61. The van der Waals surface area contributed by atoms with Crippen molar-refractivity contribution in [1.29, 1.82) is 0 Å². The zero-order valence-corrected chi connectivity index (χ0v) is 6.61. The maximum atomic E-state index is 11.3. The second-order valence-electron chi connectivity index (χ2n) is 2.56. The molecular weight excluding hydrogens is 156 g/mol. The van der Waals surface area contributed by atoms with Crippen molar-refractivity contribution in [3.8, 4) is 0 Å². The van der Waals surface area contributed by atoms with Gasteiger partial charge in [-0.3, -0.25) is 9.79 Å². The number of fused-ring (bicyclic) bond motifs is 1. The second-order valence-corrected chi connectivity index (χ2v) is 2.56. The normalized spacial score (nSPS) is 21.1. The minimum absolute atomic E-state index is 0.117. The molecule has 5 nitrogen and oxygen atoms in total. The number of allylic oxidation sites excluding steroid dienone is 1. The van der Waals surface area contributed by atoms with Gasteiger partial charge >= 0.3 is 0 Å². The number of amides is 1. The van der Waals surface area contributed by atoms with Crippen LogP contribution >= 0.6 is 0 Å². The van der Waals surface area contributed by atoms with Crippen LogP contribution in [0.1, 0.15) is 6.92 Å². The summed E-state index contributed by atoms with van der Waals surface area (Å²) in [5.41, 5.74) is 0.551. The first-order valence-corrected chi connectivity index (χ1v) is 3.61. The molecule has 2 rings (SSSR count). The summed E-state index contributed by atoms with van der Waals surface area (Å²) >= 11 is 0. The lowest BCUT2D eigenvalue weighted by Crippen LogP contribution is -2.42. The Morgan fingerprint density at radius 1 is 1.67 bits per heavy atom. The maximum Gasteiger partial charge on any atom is 0.274 e. The van der Waals surface area contributed by atoms with Crippen LogP contribution in [0, 0.1) is 0 Å². The third kappa shape index (κ3) is 0.990. The van der Waals surface area contributed by atoms with E-state index in [2.05, 4.69) is 15.4 Å². The predicted molar refractivity (Wildman–Crippen MR) is 44.5 cm³/mol. The highest BCUT2D eigenvalue weighted by molar-refractivity contribution is 6.08. The number of carbonyl (C=O) groups is 1. The summed E-state index contributed by atoms with van der Waals surface area (Å²) in [6.45, 7) is 2.17. The minimum atomic E-state index is -0.117. The van der Waals surface area contributed by atoms with E-state index in [-0.39, 0.29) is 5.91 Å².